The van der Waals surface area contributed by atoms with Crippen LogP contribution in [0.4, 0.5) is 0 Å². The van der Waals surface area contributed by atoms with Crippen molar-refractivity contribution in [3.05, 3.63) is 17.7 Å². The summed E-state index contributed by atoms with van der Waals surface area (Å²) in [5.74, 6) is -1.45. The van der Waals surface area contributed by atoms with Gasteiger partial charge in [-0.3, -0.25) is 9.59 Å². The number of imidazole rings is 1. The van der Waals surface area contributed by atoms with Gasteiger partial charge in [0.15, 0.2) is 8.32 Å². The van der Waals surface area contributed by atoms with E-state index >= 15 is 0 Å². The van der Waals surface area contributed by atoms with Crippen molar-refractivity contribution in [2.45, 2.75) is 71.7 Å². The predicted octanol–water partition coefficient (Wildman–Crippen LogP) is 3.53. The van der Waals surface area contributed by atoms with Gasteiger partial charge in [0.1, 0.15) is 5.82 Å². The molecule has 1 aromatic heterocycles. The second-order valence-electron chi connectivity index (χ2n) is 8.36. The second kappa shape index (κ2) is 9.50. The maximum absolute atomic E-state index is 11.6. The van der Waals surface area contributed by atoms with Gasteiger partial charge in [0, 0.05) is 13.5 Å². The van der Waals surface area contributed by atoms with Gasteiger partial charge < -0.3 is 18.8 Å². The molecule has 1 N–H and O–H groups in total. The third-order valence-electron chi connectivity index (χ3n) is 5.35. The summed E-state index contributed by atoms with van der Waals surface area (Å²) in [6.45, 7) is 13.5. The van der Waals surface area contributed by atoms with E-state index in [0.717, 1.165) is 11.5 Å². The molecule has 27 heavy (non-hydrogen) atoms. The Kier molecular flexibility index (Phi) is 8.22. The highest BCUT2D eigenvalue weighted by molar-refractivity contribution is 6.74. The molecule has 0 aromatic carbocycles. The Labute approximate surface area is 163 Å². The highest BCUT2D eigenvalue weighted by Crippen LogP contribution is 2.37. The number of carboxylic acids is 1. The number of aliphatic carboxylic acids is 1. The molecule has 7 nitrogen and oxygen atoms in total. The Morgan fingerprint density at radius 3 is 2.48 bits per heavy atom. The quantitative estimate of drug-likeness (QED) is 0.479. The van der Waals surface area contributed by atoms with Gasteiger partial charge in [0.2, 0.25) is 0 Å². The van der Waals surface area contributed by atoms with Gasteiger partial charge in [0.05, 0.1) is 37.4 Å². The summed E-state index contributed by atoms with van der Waals surface area (Å²) in [5, 5.41) is 9.48. The SMILES string of the molecule is CCOC(=O)CC(CCc1ncc(CO[Si](C)(C)C(C)(C)C)n1C)C(=O)O. The van der Waals surface area contributed by atoms with Crippen molar-refractivity contribution in [2.75, 3.05) is 6.61 Å². The van der Waals surface area contributed by atoms with Crippen LogP contribution in [-0.4, -0.2) is 41.5 Å². The molecule has 1 aromatic rings. The molecule has 1 heterocycles. The first-order valence-electron chi connectivity index (χ1n) is 9.41. The van der Waals surface area contributed by atoms with Gasteiger partial charge in [-0.15, -0.1) is 0 Å². The average Bonchev–Trinajstić information content (AvgIpc) is 2.88. The summed E-state index contributed by atoms with van der Waals surface area (Å²) in [4.78, 5) is 27.4. The number of rotatable bonds is 10. The third-order valence-corrected chi connectivity index (χ3v) is 9.83. The Bertz CT molecular complexity index is 649. The predicted molar refractivity (Wildman–Crippen MR) is 106 cm³/mol. The molecular weight excluding hydrogens is 364 g/mol. The number of nitrogens with zero attached hydrogens (tertiary/aromatic N) is 2. The van der Waals surface area contributed by atoms with E-state index in [1.165, 1.54) is 0 Å². The molecule has 0 fully saturated rings. The van der Waals surface area contributed by atoms with E-state index in [4.69, 9.17) is 9.16 Å². The average molecular weight is 399 g/mol. The topological polar surface area (TPSA) is 90.7 Å². The monoisotopic (exact) mass is 398 g/mol. The number of hydrogen-bond donors (Lipinski definition) is 1. The first-order chi connectivity index (χ1) is 12.4. The van der Waals surface area contributed by atoms with Gasteiger partial charge in [-0.05, 0) is 31.5 Å². The maximum Gasteiger partial charge on any atom is 0.307 e. The van der Waals surface area contributed by atoms with Crippen LogP contribution in [0.25, 0.3) is 0 Å². The van der Waals surface area contributed by atoms with E-state index in [-0.39, 0.29) is 18.1 Å². The molecule has 0 amide bonds. The number of aryl methyl sites for hydroxylation is 1. The lowest BCUT2D eigenvalue weighted by Crippen LogP contribution is -2.40. The van der Waals surface area contributed by atoms with Crippen molar-refractivity contribution in [3.8, 4) is 0 Å². The summed E-state index contributed by atoms with van der Waals surface area (Å²) in [7, 11) is 0.0613. The number of carboxylic acid groups (broad SMARTS) is 1. The highest BCUT2D eigenvalue weighted by atomic mass is 28.4. The third kappa shape index (κ3) is 6.77. The number of aromatic nitrogens is 2. The Hall–Kier alpha value is -1.67. The Balaban J connectivity index is 2.70. The van der Waals surface area contributed by atoms with Crippen molar-refractivity contribution in [2.24, 2.45) is 13.0 Å². The zero-order valence-electron chi connectivity index (χ0n) is 17.7. The molecule has 1 rings (SSSR count). The molecule has 0 bridgehead atoms. The summed E-state index contributed by atoms with van der Waals surface area (Å²) < 4.78 is 13.1. The van der Waals surface area contributed by atoms with E-state index in [1.54, 1.807) is 13.1 Å². The molecule has 8 heteroatoms. The first-order valence-corrected chi connectivity index (χ1v) is 12.3. The van der Waals surface area contributed by atoms with Gasteiger partial charge in [-0.1, -0.05) is 20.8 Å². The molecule has 154 valence electrons. The fourth-order valence-electron chi connectivity index (χ4n) is 2.36. The Morgan fingerprint density at radius 2 is 1.96 bits per heavy atom. The normalized spacial score (nSPS) is 13.4. The van der Waals surface area contributed by atoms with E-state index in [2.05, 4.69) is 38.8 Å². The molecule has 0 saturated carbocycles. The first kappa shape index (κ1) is 23.4. The van der Waals surface area contributed by atoms with Gasteiger partial charge in [-0.25, -0.2) is 4.98 Å². The highest BCUT2D eigenvalue weighted by Gasteiger charge is 2.37. The molecule has 1 unspecified atom stereocenters. The van der Waals surface area contributed by atoms with Crippen molar-refractivity contribution in [1.29, 1.82) is 0 Å². The van der Waals surface area contributed by atoms with Crippen molar-refractivity contribution >= 4 is 20.3 Å². The van der Waals surface area contributed by atoms with Gasteiger partial charge in [-0.2, -0.15) is 0 Å². The van der Waals surface area contributed by atoms with Crippen LogP contribution in [0.5, 0.6) is 0 Å². The number of hydrogen-bond acceptors (Lipinski definition) is 5. The van der Waals surface area contributed by atoms with Crippen LogP contribution >= 0.6 is 0 Å². The van der Waals surface area contributed by atoms with E-state index in [1.807, 2.05) is 11.6 Å². The van der Waals surface area contributed by atoms with E-state index < -0.39 is 26.2 Å². The molecular formula is C19H34N2O5Si. The standard InChI is InChI=1S/C19H34N2O5Si/c1-8-25-17(22)11-14(18(23)24)9-10-16-20-12-15(21(16)5)13-26-27(6,7)19(2,3)4/h12,14H,8-11,13H2,1-7H3,(H,23,24). The zero-order valence-corrected chi connectivity index (χ0v) is 18.7. The summed E-state index contributed by atoms with van der Waals surface area (Å²) in [6.07, 6.45) is 2.48. The van der Waals surface area contributed by atoms with E-state index in [0.29, 0.717) is 19.4 Å². The second-order valence-corrected chi connectivity index (χ2v) is 13.2. The van der Waals surface area contributed by atoms with Gasteiger partial charge >= 0.3 is 11.9 Å². The molecule has 0 aliphatic heterocycles. The zero-order chi connectivity index (χ0) is 20.8. The lowest BCUT2D eigenvalue weighted by atomic mass is 9.99. The summed E-state index contributed by atoms with van der Waals surface area (Å²) in [5.41, 5.74) is 0.965. The van der Waals surface area contributed by atoms with Gasteiger partial charge in [0.25, 0.3) is 0 Å². The minimum Gasteiger partial charge on any atom is -0.481 e. The minimum atomic E-state index is -1.85. The number of esters is 1. The molecule has 0 aliphatic carbocycles. The number of ether oxygens (including phenoxy) is 1. The summed E-state index contributed by atoms with van der Waals surface area (Å²) >= 11 is 0. The molecule has 0 radical (unpaired) electrons. The fourth-order valence-corrected chi connectivity index (χ4v) is 3.30. The van der Waals surface area contributed by atoms with Crippen LogP contribution in [0.1, 0.15) is 52.1 Å². The van der Waals surface area contributed by atoms with E-state index in [9.17, 15) is 14.7 Å². The van der Waals surface area contributed by atoms with Crippen molar-refractivity contribution < 1.29 is 23.9 Å². The van der Waals surface area contributed by atoms with Crippen LogP contribution in [0.3, 0.4) is 0 Å². The minimum absolute atomic E-state index is 0.116. The lowest BCUT2D eigenvalue weighted by Gasteiger charge is -2.36. The van der Waals surface area contributed by atoms with Crippen molar-refractivity contribution in [3.63, 3.8) is 0 Å². The molecule has 0 aliphatic rings. The number of carbonyl (C=O) groups excluding carboxylic acids is 1. The summed E-state index contributed by atoms with van der Waals surface area (Å²) in [6, 6.07) is 0. The lowest BCUT2D eigenvalue weighted by molar-refractivity contribution is -0.151. The molecule has 0 spiro atoms. The fraction of sp³-hybridized carbons (Fsp3) is 0.737. The largest absolute Gasteiger partial charge is 0.481 e. The van der Waals surface area contributed by atoms with Crippen LogP contribution in [0.15, 0.2) is 6.20 Å². The van der Waals surface area contributed by atoms with Crippen LogP contribution < -0.4 is 0 Å². The maximum atomic E-state index is 11.6. The molecule has 1 atom stereocenters. The molecule has 0 saturated heterocycles. The smallest absolute Gasteiger partial charge is 0.307 e. The van der Waals surface area contributed by atoms with Crippen LogP contribution in [-0.2, 0) is 38.8 Å². The number of carbonyl (C=O) groups is 2. The van der Waals surface area contributed by atoms with Crippen LogP contribution in [0.2, 0.25) is 18.1 Å². The van der Waals surface area contributed by atoms with Crippen molar-refractivity contribution in [1.82, 2.24) is 9.55 Å². The van der Waals surface area contributed by atoms with Crippen LogP contribution in [0, 0.1) is 5.92 Å². The Morgan fingerprint density at radius 1 is 1.33 bits per heavy atom.